The molecular weight excluding hydrogens is 156 g/mol. The van der Waals surface area contributed by atoms with E-state index in [4.69, 9.17) is 5.11 Å². The van der Waals surface area contributed by atoms with Gasteiger partial charge >= 0.3 is 5.97 Å². The average Bonchev–Trinajstić information content (AvgIpc) is 1.96. The lowest BCUT2D eigenvalue weighted by atomic mass is 9.91. The highest BCUT2D eigenvalue weighted by atomic mass is 16.4. The summed E-state index contributed by atoms with van der Waals surface area (Å²) in [5, 5.41) is 18.2. The summed E-state index contributed by atoms with van der Waals surface area (Å²) in [5.74, 6) is -1.45. The molecule has 0 bridgehead atoms. The number of hydrogen-bond acceptors (Lipinski definition) is 2. The molecule has 12 heavy (non-hydrogen) atoms. The van der Waals surface area contributed by atoms with Crippen LogP contribution in [-0.2, 0) is 4.79 Å². The smallest absolute Gasteiger partial charge is 0.309 e. The van der Waals surface area contributed by atoms with E-state index in [-0.39, 0.29) is 0 Å². The van der Waals surface area contributed by atoms with Gasteiger partial charge in [0.15, 0.2) is 0 Å². The van der Waals surface area contributed by atoms with Crippen molar-refractivity contribution in [1.82, 2.24) is 0 Å². The van der Waals surface area contributed by atoms with Crippen LogP contribution in [0.5, 0.6) is 0 Å². The van der Waals surface area contributed by atoms with Gasteiger partial charge in [-0.25, -0.2) is 0 Å². The molecule has 0 aromatic heterocycles. The molecule has 2 N–H and O–H groups in total. The highest BCUT2D eigenvalue weighted by molar-refractivity contribution is 5.70. The first-order valence-electron chi connectivity index (χ1n) is 4.27. The van der Waals surface area contributed by atoms with Crippen molar-refractivity contribution in [2.24, 2.45) is 5.92 Å². The Balaban J connectivity index is 2.58. The first kappa shape index (κ1) is 9.26. The number of hydrogen-bond donors (Lipinski definition) is 2. The number of rotatable bonds is 1. The van der Waals surface area contributed by atoms with Gasteiger partial charge in [-0.15, -0.1) is 0 Å². The van der Waals surface area contributed by atoms with Gasteiger partial charge in [-0.1, -0.05) is 12.2 Å². The summed E-state index contributed by atoms with van der Waals surface area (Å²) in [4.78, 5) is 10.6. The molecule has 3 heteroatoms. The number of aliphatic carboxylic acids is 1. The van der Waals surface area contributed by atoms with Gasteiger partial charge in [0.2, 0.25) is 0 Å². The molecule has 3 nitrogen and oxygen atoms in total. The van der Waals surface area contributed by atoms with Crippen LogP contribution in [0.1, 0.15) is 25.7 Å². The Morgan fingerprint density at radius 1 is 1.25 bits per heavy atom. The molecule has 1 aliphatic rings. The first-order chi connectivity index (χ1) is 5.72. The molecule has 0 radical (unpaired) electrons. The molecule has 0 saturated heterocycles. The molecule has 0 aromatic rings. The van der Waals surface area contributed by atoms with Crippen LogP contribution in [0, 0.1) is 5.92 Å². The van der Waals surface area contributed by atoms with Gasteiger partial charge in [0.05, 0.1) is 12.0 Å². The summed E-state index contributed by atoms with van der Waals surface area (Å²) >= 11 is 0. The molecule has 68 valence electrons. The third-order valence-corrected chi connectivity index (χ3v) is 2.22. The normalized spacial score (nSPS) is 33.4. The van der Waals surface area contributed by atoms with Crippen molar-refractivity contribution in [2.45, 2.75) is 31.8 Å². The van der Waals surface area contributed by atoms with E-state index in [9.17, 15) is 9.90 Å². The van der Waals surface area contributed by atoms with Crippen molar-refractivity contribution in [3.63, 3.8) is 0 Å². The van der Waals surface area contributed by atoms with Crippen molar-refractivity contribution in [3.05, 3.63) is 12.2 Å². The first-order valence-corrected chi connectivity index (χ1v) is 4.27. The van der Waals surface area contributed by atoms with Crippen LogP contribution in [0.4, 0.5) is 0 Å². The third-order valence-electron chi connectivity index (χ3n) is 2.22. The molecule has 0 amide bonds. The fraction of sp³-hybridized carbons (Fsp3) is 0.667. The van der Waals surface area contributed by atoms with Crippen LogP contribution in [0.2, 0.25) is 0 Å². The molecule has 1 rings (SSSR count). The largest absolute Gasteiger partial charge is 0.481 e. The van der Waals surface area contributed by atoms with E-state index >= 15 is 0 Å². The molecule has 2 atom stereocenters. The summed E-state index contributed by atoms with van der Waals surface area (Å²) in [5.41, 5.74) is 0. The topological polar surface area (TPSA) is 57.5 Å². The number of carboxylic acid groups (broad SMARTS) is 1. The lowest BCUT2D eigenvalue weighted by molar-refractivity contribution is -0.146. The van der Waals surface area contributed by atoms with Gasteiger partial charge < -0.3 is 10.2 Å². The monoisotopic (exact) mass is 170 g/mol. The van der Waals surface area contributed by atoms with E-state index < -0.39 is 18.0 Å². The second kappa shape index (κ2) is 4.26. The van der Waals surface area contributed by atoms with Gasteiger partial charge in [0, 0.05) is 0 Å². The number of carboxylic acids is 1. The Kier molecular flexibility index (Phi) is 3.29. The van der Waals surface area contributed by atoms with Crippen LogP contribution in [0.25, 0.3) is 0 Å². The van der Waals surface area contributed by atoms with Gasteiger partial charge in [0.1, 0.15) is 0 Å². The average molecular weight is 170 g/mol. The highest BCUT2D eigenvalue weighted by Crippen LogP contribution is 2.19. The quantitative estimate of drug-likeness (QED) is 0.581. The summed E-state index contributed by atoms with van der Waals surface area (Å²) < 4.78 is 0. The lowest BCUT2D eigenvalue weighted by Crippen LogP contribution is -2.28. The zero-order valence-corrected chi connectivity index (χ0v) is 6.94. The predicted octanol–water partition coefficient (Wildman–Crippen LogP) is 1.18. The van der Waals surface area contributed by atoms with E-state index in [1.54, 1.807) is 0 Å². The predicted molar refractivity (Wildman–Crippen MR) is 44.7 cm³/mol. The molecule has 0 fully saturated rings. The van der Waals surface area contributed by atoms with E-state index in [1.807, 2.05) is 12.2 Å². The molecule has 0 heterocycles. The molecule has 0 aromatic carbocycles. The Labute approximate surface area is 71.7 Å². The molecule has 1 aliphatic carbocycles. The van der Waals surface area contributed by atoms with Crippen molar-refractivity contribution in [3.8, 4) is 0 Å². The second-order valence-corrected chi connectivity index (χ2v) is 3.14. The molecular formula is C9H14O3. The van der Waals surface area contributed by atoms with E-state index in [1.165, 1.54) is 0 Å². The van der Waals surface area contributed by atoms with Gasteiger partial charge in [-0.2, -0.15) is 0 Å². The van der Waals surface area contributed by atoms with Crippen LogP contribution in [-0.4, -0.2) is 22.3 Å². The Hall–Kier alpha value is -0.830. The van der Waals surface area contributed by atoms with Crippen LogP contribution in [0.15, 0.2) is 12.2 Å². The van der Waals surface area contributed by atoms with Gasteiger partial charge in [-0.05, 0) is 25.7 Å². The maximum atomic E-state index is 10.6. The van der Waals surface area contributed by atoms with Crippen molar-refractivity contribution >= 4 is 5.97 Å². The van der Waals surface area contributed by atoms with Crippen molar-refractivity contribution < 1.29 is 15.0 Å². The number of allylic oxidation sites excluding steroid dienone is 2. The lowest BCUT2D eigenvalue weighted by Gasteiger charge is -2.19. The standard InChI is InChI=1S/C9H14O3/c10-8-6-4-2-1-3-5-7(8)9(11)12/h1-2,7-8,10H,3-6H2,(H,11,12)/b2-1-/t7-,8-/m0/s1. The van der Waals surface area contributed by atoms with Crippen molar-refractivity contribution in [2.75, 3.05) is 0 Å². The number of carbonyl (C=O) groups is 1. The van der Waals surface area contributed by atoms with Crippen LogP contribution < -0.4 is 0 Å². The summed E-state index contributed by atoms with van der Waals surface area (Å²) in [6, 6.07) is 0. The Morgan fingerprint density at radius 2 is 1.83 bits per heavy atom. The zero-order chi connectivity index (χ0) is 8.97. The molecule has 0 spiro atoms. The van der Waals surface area contributed by atoms with E-state index in [0.717, 1.165) is 12.8 Å². The SMILES string of the molecule is O=C(O)[C@H]1CC/C=C\CC[C@@H]1O. The minimum absolute atomic E-state index is 0.549. The van der Waals surface area contributed by atoms with Crippen LogP contribution in [0.3, 0.4) is 0 Å². The number of aliphatic hydroxyl groups excluding tert-OH is 1. The highest BCUT2D eigenvalue weighted by Gasteiger charge is 2.25. The Morgan fingerprint density at radius 3 is 2.42 bits per heavy atom. The van der Waals surface area contributed by atoms with Crippen LogP contribution >= 0.6 is 0 Å². The van der Waals surface area contributed by atoms with Gasteiger partial charge in [0.25, 0.3) is 0 Å². The second-order valence-electron chi connectivity index (χ2n) is 3.14. The third kappa shape index (κ3) is 2.34. The summed E-state index contributed by atoms with van der Waals surface area (Å²) in [7, 11) is 0. The Bertz CT molecular complexity index is 186. The maximum absolute atomic E-state index is 10.6. The van der Waals surface area contributed by atoms with Crippen molar-refractivity contribution in [1.29, 1.82) is 0 Å². The minimum Gasteiger partial charge on any atom is -0.481 e. The molecule has 0 saturated carbocycles. The van der Waals surface area contributed by atoms with E-state index in [2.05, 4.69) is 0 Å². The molecule has 0 aliphatic heterocycles. The summed E-state index contributed by atoms with van der Waals surface area (Å²) in [6.45, 7) is 0. The minimum atomic E-state index is -0.877. The van der Waals surface area contributed by atoms with Gasteiger partial charge in [-0.3, -0.25) is 4.79 Å². The zero-order valence-electron chi connectivity index (χ0n) is 6.94. The summed E-state index contributed by atoms with van der Waals surface area (Å²) in [6.07, 6.45) is 5.97. The maximum Gasteiger partial charge on any atom is 0.309 e. The molecule has 0 unspecified atom stereocenters. The fourth-order valence-electron chi connectivity index (χ4n) is 1.46. The van der Waals surface area contributed by atoms with E-state index in [0.29, 0.717) is 12.8 Å². The fourth-order valence-corrected chi connectivity index (χ4v) is 1.46. The number of aliphatic hydroxyl groups is 1.